The summed E-state index contributed by atoms with van der Waals surface area (Å²) in [6.45, 7) is 3.42. The molecule has 6 heteroatoms. The largest absolute Gasteiger partial charge is 0.361 e. The fraction of sp³-hybridized carbons (Fsp3) is 0.231. The maximum Gasteiger partial charge on any atom is 0.269 e. The van der Waals surface area contributed by atoms with Crippen LogP contribution in [0, 0.1) is 24.0 Å². The number of non-ortho nitro benzene ring substituents is 1. The first-order valence-electron chi connectivity index (χ1n) is 5.67. The van der Waals surface area contributed by atoms with Gasteiger partial charge in [0.25, 0.3) is 5.69 Å². The highest BCUT2D eigenvalue weighted by molar-refractivity contribution is 5.98. The highest BCUT2D eigenvalue weighted by Gasteiger charge is 2.15. The van der Waals surface area contributed by atoms with E-state index in [0.29, 0.717) is 11.3 Å². The average Bonchev–Trinajstić information content (AvgIpc) is 2.77. The normalized spacial score (nSPS) is 10.4. The second-order valence-corrected chi connectivity index (χ2v) is 4.26. The van der Waals surface area contributed by atoms with Crippen LogP contribution in [-0.2, 0) is 6.42 Å². The molecule has 0 spiro atoms. The Hall–Kier alpha value is -2.50. The first-order valence-corrected chi connectivity index (χ1v) is 5.67. The van der Waals surface area contributed by atoms with Crippen LogP contribution in [0.15, 0.2) is 28.9 Å². The lowest BCUT2D eigenvalue weighted by molar-refractivity contribution is -0.384. The van der Waals surface area contributed by atoms with Gasteiger partial charge in [0.1, 0.15) is 5.76 Å². The molecular formula is C13H12N2O4. The molecule has 0 bridgehead atoms. The molecule has 6 nitrogen and oxygen atoms in total. The first-order chi connectivity index (χ1) is 8.99. The third-order valence-corrected chi connectivity index (χ3v) is 2.94. The zero-order chi connectivity index (χ0) is 14.0. The number of aromatic nitrogens is 1. The van der Waals surface area contributed by atoms with Gasteiger partial charge in [0.05, 0.1) is 16.7 Å². The van der Waals surface area contributed by atoms with Gasteiger partial charge in [0.15, 0.2) is 5.78 Å². The Morgan fingerprint density at radius 3 is 2.68 bits per heavy atom. The van der Waals surface area contributed by atoms with Crippen molar-refractivity contribution in [3.05, 3.63) is 57.0 Å². The van der Waals surface area contributed by atoms with Crippen LogP contribution in [0.2, 0.25) is 0 Å². The average molecular weight is 260 g/mol. The maximum absolute atomic E-state index is 12.0. The van der Waals surface area contributed by atoms with Gasteiger partial charge in [-0.15, -0.1) is 0 Å². The number of carbonyl (C=O) groups is 1. The number of benzene rings is 1. The van der Waals surface area contributed by atoms with Gasteiger partial charge in [0.2, 0.25) is 0 Å². The number of nitrogens with zero attached hydrogens (tertiary/aromatic N) is 2. The molecule has 0 aliphatic carbocycles. The van der Waals surface area contributed by atoms with Crippen molar-refractivity contribution in [2.75, 3.05) is 0 Å². The van der Waals surface area contributed by atoms with Gasteiger partial charge < -0.3 is 4.52 Å². The monoisotopic (exact) mass is 260 g/mol. The first kappa shape index (κ1) is 12.9. The minimum absolute atomic E-state index is 0.0230. The highest BCUT2D eigenvalue weighted by Crippen LogP contribution is 2.19. The second-order valence-electron chi connectivity index (χ2n) is 4.26. The van der Waals surface area contributed by atoms with E-state index < -0.39 is 4.92 Å². The number of nitro benzene ring substituents is 1. The van der Waals surface area contributed by atoms with E-state index in [2.05, 4.69) is 5.16 Å². The van der Waals surface area contributed by atoms with Crippen molar-refractivity contribution in [2.45, 2.75) is 20.3 Å². The van der Waals surface area contributed by atoms with Gasteiger partial charge in [0, 0.05) is 18.6 Å². The molecule has 0 unspecified atom stereocenters. The van der Waals surface area contributed by atoms with Gasteiger partial charge >= 0.3 is 0 Å². The fourth-order valence-electron chi connectivity index (χ4n) is 1.83. The van der Waals surface area contributed by atoms with E-state index in [1.54, 1.807) is 19.9 Å². The Kier molecular flexibility index (Phi) is 3.41. The molecule has 0 amide bonds. The van der Waals surface area contributed by atoms with Gasteiger partial charge in [-0.2, -0.15) is 0 Å². The van der Waals surface area contributed by atoms with Crippen molar-refractivity contribution < 1.29 is 14.2 Å². The van der Waals surface area contributed by atoms with Crippen molar-refractivity contribution in [3.8, 4) is 0 Å². The minimum Gasteiger partial charge on any atom is -0.361 e. The van der Waals surface area contributed by atoms with Crippen molar-refractivity contribution in [1.29, 1.82) is 0 Å². The molecule has 2 aromatic rings. The number of nitro groups is 1. The van der Waals surface area contributed by atoms with E-state index in [1.807, 2.05) is 0 Å². The van der Waals surface area contributed by atoms with E-state index in [0.717, 1.165) is 11.1 Å². The molecule has 0 saturated heterocycles. The van der Waals surface area contributed by atoms with Gasteiger partial charge in [-0.3, -0.25) is 14.9 Å². The summed E-state index contributed by atoms with van der Waals surface area (Å²) < 4.78 is 4.84. The summed E-state index contributed by atoms with van der Waals surface area (Å²) >= 11 is 0. The Bertz CT molecular complexity index is 646. The van der Waals surface area contributed by atoms with Crippen LogP contribution in [0.3, 0.4) is 0 Å². The van der Waals surface area contributed by atoms with Crippen LogP contribution in [0.5, 0.6) is 0 Å². The van der Waals surface area contributed by atoms with Crippen molar-refractivity contribution in [3.63, 3.8) is 0 Å². The van der Waals surface area contributed by atoms with E-state index in [-0.39, 0.29) is 17.9 Å². The third kappa shape index (κ3) is 2.67. The molecule has 2 rings (SSSR count). The minimum atomic E-state index is -0.456. The Morgan fingerprint density at radius 1 is 1.42 bits per heavy atom. The SMILES string of the molecule is Cc1cc([N+](=O)[O-])ccc1CC(=O)c1cnoc1C. The standard InChI is InChI=1S/C13H12N2O4/c1-8-5-11(15(17)18)4-3-10(8)6-13(16)12-7-14-19-9(12)2/h3-5,7H,6H2,1-2H3. The number of ketones is 1. The van der Waals surface area contributed by atoms with E-state index in [4.69, 9.17) is 4.52 Å². The zero-order valence-electron chi connectivity index (χ0n) is 10.5. The summed E-state index contributed by atoms with van der Waals surface area (Å²) in [6.07, 6.45) is 1.56. The number of hydrogen-bond donors (Lipinski definition) is 0. The third-order valence-electron chi connectivity index (χ3n) is 2.94. The van der Waals surface area contributed by atoms with Crippen molar-refractivity contribution in [2.24, 2.45) is 0 Å². The van der Waals surface area contributed by atoms with Crippen molar-refractivity contribution >= 4 is 11.5 Å². The van der Waals surface area contributed by atoms with E-state index in [1.165, 1.54) is 18.3 Å². The summed E-state index contributed by atoms with van der Waals surface area (Å²) in [5, 5.41) is 14.2. The van der Waals surface area contributed by atoms with Gasteiger partial charge in [-0.25, -0.2) is 0 Å². The smallest absolute Gasteiger partial charge is 0.269 e. The van der Waals surface area contributed by atoms with Gasteiger partial charge in [-0.05, 0) is 25.0 Å². The number of Topliss-reactive ketones (excluding diaryl/α,β-unsaturated/α-hetero) is 1. The lowest BCUT2D eigenvalue weighted by atomic mass is 9.99. The van der Waals surface area contributed by atoms with Crippen LogP contribution in [0.25, 0.3) is 0 Å². The molecule has 1 aromatic heterocycles. The van der Waals surface area contributed by atoms with Crippen LogP contribution >= 0.6 is 0 Å². The molecule has 0 N–H and O–H groups in total. The predicted octanol–water partition coefficient (Wildman–Crippen LogP) is 2.63. The highest BCUT2D eigenvalue weighted by atomic mass is 16.6. The summed E-state index contributed by atoms with van der Waals surface area (Å²) in [6, 6.07) is 4.47. The van der Waals surface area contributed by atoms with Crippen LogP contribution in [-0.4, -0.2) is 15.9 Å². The molecule has 0 aliphatic rings. The molecule has 0 radical (unpaired) electrons. The number of rotatable bonds is 4. The molecule has 1 aromatic carbocycles. The zero-order valence-corrected chi connectivity index (χ0v) is 10.5. The number of aryl methyl sites for hydroxylation is 2. The molecule has 0 saturated carbocycles. The van der Waals surface area contributed by atoms with Crippen molar-refractivity contribution in [1.82, 2.24) is 5.16 Å². The molecule has 0 atom stereocenters. The lowest BCUT2D eigenvalue weighted by Gasteiger charge is -2.04. The summed E-state index contributed by atoms with van der Waals surface area (Å²) in [7, 11) is 0. The molecule has 0 aliphatic heterocycles. The quantitative estimate of drug-likeness (QED) is 0.479. The molecule has 19 heavy (non-hydrogen) atoms. The maximum atomic E-state index is 12.0. The van der Waals surface area contributed by atoms with Gasteiger partial charge in [-0.1, -0.05) is 11.2 Å². The lowest BCUT2D eigenvalue weighted by Crippen LogP contribution is -2.05. The molecule has 98 valence electrons. The topological polar surface area (TPSA) is 86.2 Å². The Labute approximate surface area is 109 Å². The number of hydrogen-bond acceptors (Lipinski definition) is 5. The summed E-state index contributed by atoms with van der Waals surface area (Å²) in [5.74, 6) is 0.361. The Morgan fingerprint density at radius 2 is 2.16 bits per heavy atom. The molecule has 1 heterocycles. The summed E-state index contributed by atoms with van der Waals surface area (Å²) in [4.78, 5) is 22.2. The molecule has 0 fully saturated rings. The predicted molar refractivity (Wildman–Crippen MR) is 67.1 cm³/mol. The Balaban J connectivity index is 2.23. The fourth-order valence-corrected chi connectivity index (χ4v) is 1.83. The second kappa shape index (κ2) is 5.01. The molecular weight excluding hydrogens is 248 g/mol. The van der Waals surface area contributed by atoms with Crippen LogP contribution in [0.4, 0.5) is 5.69 Å². The van der Waals surface area contributed by atoms with E-state index in [9.17, 15) is 14.9 Å². The van der Waals surface area contributed by atoms with Crippen LogP contribution < -0.4 is 0 Å². The summed E-state index contributed by atoms with van der Waals surface area (Å²) in [5.41, 5.74) is 1.94. The number of carbonyl (C=O) groups excluding carboxylic acids is 1. The van der Waals surface area contributed by atoms with Crippen LogP contribution in [0.1, 0.15) is 27.2 Å². The van der Waals surface area contributed by atoms with E-state index >= 15 is 0 Å².